The van der Waals surface area contributed by atoms with Crippen molar-refractivity contribution in [3.63, 3.8) is 0 Å². The van der Waals surface area contributed by atoms with Gasteiger partial charge in [0.1, 0.15) is 0 Å². The van der Waals surface area contributed by atoms with Gasteiger partial charge in [-0.1, -0.05) is 75.6 Å². The SMILES string of the molecule is c1cc(C(C2CCNCC2)N2CCCCCCCCCCCC2)ccc1CN1CCCC1. The van der Waals surface area contributed by atoms with E-state index in [-0.39, 0.29) is 0 Å². The fourth-order valence-corrected chi connectivity index (χ4v) is 6.39. The first-order valence-corrected chi connectivity index (χ1v) is 14.2. The number of benzene rings is 1. The number of hydrogen-bond acceptors (Lipinski definition) is 3. The molecule has 3 nitrogen and oxygen atoms in total. The number of nitrogens with zero attached hydrogens (tertiary/aromatic N) is 2. The zero-order valence-electron chi connectivity index (χ0n) is 20.7. The Balaban J connectivity index is 1.47. The molecule has 1 aromatic carbocycles. The monoisotopic (exact) mass is 439 g/mol. The lowest BCUT2D eigenvalue weighted by Crippen LogP contribution is -2.40. The Hall–Kier alpha value is -0.900. The van der Waals surface area contributed by atoms with E-state index >= 15 is 0 Å². The van der Waals surface area contributed by atoms with Gasteiger partial charge in [0, 0.05) is 12.6 Å². The summed E-state index contributed by atoms with van der Waals surface area (Å²) in [4.78, 5) is 5.54. The van der Waals surface area contributed by atoms with Crippen molar-refractivity contribution in [2.45, 2.75) is 102 Å². The summed E-state index contributed by atoms with van der Waals surface area (Å²) in [5, 5.41) is 3.61. The van der Waals surface area contributed by atoms with Crippen LogP contribution in [0.25, 0.3) is 0 Å². The van der Waals surface area contributed by atoms with E-state index in [2.05, 4.69) is 39.4 Å². The highest BCUT2D eigenvalue weighted by Gasteiger charge is 2.30. The van der Waals surface area contributed by atoms with E-state index in [4.69, 9.17) is 0 Å². The second kappa shape index (κ2) is 13.7. The molecule has 1 unspecified atom stereocenters. The van der Waals surface area contributed by atoms with Crippen LogP contribution in [0.3, 0.4) is 0 Å². The quantitative estimate of drug-likeness (QED) is 0.562. The molecule has 0 bridgehead atoms. The van der Waals surface area contributed by atoms with Crippen LogP contribution < -0.4 is 5.32 Å². The highest BCUT2D eigenvalue weighted by molar-refractivity contribution is 5.26. The van der Waals surface area contributed by atoms with Gasteiger partial charge in [-0.05, 0) is 94.8 Å². The molecule has 0 aromatic heterocycles. The van der Waals surface area contributed by atoms with Crippen LogP contribution in [0.1, 0.15) is 107 Å². The summed E-state index contributed by atoms with van der Waals surface area (Å²) in [5.74, 6) is 0.802. The summed E-state index contributed by atoms with van der Waals surface area (Å²) in [5.41, 5.74) is 3.09. The standard InChI is InChI=1S/C29H49N3/c1-2-4-6-8-10-24-32(23-9-7-5-3-1)29(28-17-19-30-20-18-28)27-15-13-26(14-16-27)25-31-21-11-12-22-31/h13-16,28-30H,1-12,17-25H2. The van der Waals surface area contributed by atoms with Gasteiger partial charge in [-0.25, -0.2) is 0 Å². The van der Waals surface area contributed by atoms with Crippen molar-refractivity contribution in [1.82, 2.24) is 15.1 Å². The van der Waals surface area contributed by atoms with Crippen molar-refractivity contribution >= 4 is 0 Å². The Labute approximate surface area is 198 Å². The molecule has 0 aliphatic carbocycles. The van der Waals surface area contributed by atoms with Gasteiger partial charge in [0.25, 0.3) is 0 Å². The highest BCUT2D eigenvalue weighted by Crippen LogP contribution is 2.35. The van der Waals surface area contributed by atoms with E-state index in [0.29, 0.717) is 6.04 Å². The van der Waals surface area contributed by atoms with Crippen molar-refractivity contribution in [2.24, 2.45) is 5.92 Å². The molecule has 32 heavy (non-hydrogen) atoms. The maximum Gasteiger partial charge on any atom is 0.0377 e. The van der Waals surface area contributed by atoms with Gasteiger partial charge in [0.2, 0.25) is 0 Å². The Bertz CT molecular complexity index is 602. The Kier molecular flexibility index (Phi) is 10.4. The Morgan fingerprint density at radius 1 is 0.656 bits per heavy atom. The third-order valence-corrected chi connectivity index (χ3v) is 8.29. The van der Waals surface area contributed by atoms with Crippen LogP contribution in [0.2, 0.25) is 0 Å². The Morgan fingerprint density at radius 2 is 1.16 bits per heavy atom. The molecule has 1 aromatic rings. The average molecular weight is 440 g/mol. The van der Waals surface area contributed by atoms with Gasteiger partial charge in [0.05, 0.1) is 0 Å². The summed E-state index contributed by atoms with van der Waals surface area (Å²) < 4.78 is 0. The van der Waals surface area contributed by atoms with Gasteiger partial charge in [-0.15, -0.1) is 0 Å². The molecule has 3 fully saturated rings. The third-order valence-electron chi connectivity index (χ3n) is 8.29. The van der Waals surface area contributed by atoms with E-state index < -0.39 is 0 Å². The molecule has 1 atom stereocenters. The number of piperidine rings is 1. The first-order valence-electron chi connectivity index (χ1n) is 14.2. The molecule has 3 aliphatic rings. The summed E-state index contributed by atoms with van der Waals surface area (Å²) >= 11 is 0. The molecule has 180 valence electrons. The van der Waals surface area contributed by atoms with Gasteiger partial charge in [0.15, 0.2) is 0 Å². The fraction of sp³-hybridized carbons (Fsp3) is 0.793. The van der Waals surface area contributed by atoms with E-state index in [9.17, 15) is 0 Å². The molecule has 0 saturated carbocycles. The van der Waals surface area contributed by atoms with Crippen LogP contribution in [0.5, 0.6) is 0 Å². The first kappa shape index (κ1) is 24.2. The third kappa shape index (κ3) is 7.57. The fourth-order valence-electron chi connectivity index (χ4n) is 6.39. The minimum absolute atomic E-state index is 0.614. The molecular formula is C29H49N3. The Morgan fingerprint density at radius 3 is 1.72 bits per heavy atom. The van der Waals surface area contributed by atoms with Crippen molar-refractivity contribution in [3.8, 4) is 0 Å². The lowest BCUT2D eigenvalue weighted by molar-refractivity contribution is 0.116. The van der Waals surface area contributed by atoms with Crippen molar-refractivity contribution in [1.29, 1.82) is 0 Å². The number of likely N-dealkylation sites (tertiary alicyclic amines) is 1. The minimum atomic E-state index is 0.614. The molecule has 1 N–H and O–H groups in total. The molecule has 3 saturated heterocycles. The molecule has 0 amide bonds. The number of nitrogens with one attached hydrogen (secondary N) is 1. The molecule has 4 rings (SSSR count). The van der Waals surface area contributed by atoms with Crippen molar-refractivity contribution in [2.75, 3.05) is 39.3 Å². The maximum atomic E-state index is 3.61. The molecule has 3 heterocycles. The number of rotatable bonds is 5. The van der Waals surface area contributed by atoms with Crippen LogP contribution in [0.15, 0.2) is 24.3 Å². The van der Waals surface area contributed by atoms with Gasteiger partial charge in [-0.3, -0.25) is 9.80 Å². The van der Waals surface area contributed by atoms with Gasteiger partial charge in [-0.2, -0.15) is 0 Å². The molecule has 0 radical (unpaired) electrons. The molecule has 3 aliphatic heterocycles. The van der Waals surface area contributed by atoms with E-state index in [1.807, 2.05) is 0 Å². The normalized spacial score (nSPS) is 25.0. The van der Waals surface area contributed by atoms with E-state index in [1.165, 1.54) is 135 Å². The lowest BCUT2D eigenvalue weighted by Gasteiger charge is -2.40. The van der Waals surface area contributed by atoms with E-state index in [1.54, 1.807) is 5.56 Å². The number of hydrogen-bond donors (Lipinski definition) is 1. The van der Waals surface area contributed by atoms with Crippen LogP contribution in [-0.4, -0.2) is 49.1 Å². The maximum absolute atomic E-state index is 3.61. The minimum Gasteiger partial charge on any atom is -0.317 e. The summed E-state index contributed by atoms with van der Waals surface area (Å²) in [6.45, 7) is 8.70. The van der Waals surface area contributed by atoms with Gasteiger partial charge >= 0.3 is 0 Å². The van der Waals surface area contributed by atoms with Crippen LogP contribution in [-0.2, 0) is 6.54 Å². The largest absolute Gasteiger partial charge is 0.317 e. The van der Waals surface area contributed by atoms with Crippen LogP contribution >= 0.6 is 0 Å². The summed E-state index contributed by atoms with van der Waals surface area (Å²) in [6.07, 6.45) is 19.7. The highest BCUT2D eigenvalue weighted by atomic mass is 15.2. The van der Waals surface area contributed by atoms with Crippen molar-refractivity contribution in [3.05, 3.63) is 35.4 Å². The zero-order chi connectivity index (χ0) is 21.8. The second-order valence-corrected chi connectivity index (χ2v) is 10.8. The molecule has 3 heteroatoms. The predicted molar refractivity (Wildman–Crippen MR) is 137 cm³/mol. The second-order valence-electron chi connectivity index (χ2n) is 10.8. The van der Waals surface area contributed by atoms with Gasteiger partial charge < -0.3 is 5.32 Å². The topological polar surface area (TPSA) is 18.5 Å². The van der Waals surface area contributed by atoms with E-state index in [0.717, 1.165) is 12.5 Å². The summed E-state index contributed by atoms with van der Waals surface area (Å²) in [6, 6.07) is 10.5. The molecule has 0 spiro atoms. The van der Waals surface area contributed by atoms with Crippen LogP contribution in [0.4, 0.5) is 0 Å². The molecular weight excluding hydrogens is 390 g/mol. The van der Waals surface area contributed by atoms with Crippen molar-refractivity contribution < 1.29 is 0 Å². The lowest BCUT2D eigenvalue weighted by atomic mass is 9.84. The zero-order valence-corrected chi connectivity index (χ0v) is 20.7. The average Bonchev–Trinajstić information content (AvgIpc) is 3.34. The first-order chi connectivity index (χ1) is 15.9. The predicted octanol–water partition coefficient (Wildman–Crippen LogP) is 6.54. The summed E-state index contributed by atoms with van der Waals surface area (Å²) in [7, 11) is 0. The smallest absolute Gasteiger partial charge is 0.0377 e. The van der Waals surface area contributed by atoms with Crippen LogP contribution in [0, 0.1) is 5.92 Å².